The van der Waals surface area contributed by atoms with Crippen LogP contribution in [0.4, 0.5) is 8.78 Å². The Morgan fingerprint density at radius 2 is 1.96 bits per heavy atom. The van der Waals surface area contributed by atoms with E-state index in [0.717, 1.165) is 12.5 Å². The van der Waals surface area contributed by atoms with Gasteiger partial charge < -0.3 is 10.1 Å². The zero-order chi connectivity index (χ0) is 18.4. The Balaban J connectivity index is 2.11. The fourth-order valence-electron chi connectivity index (χ4n) is 2.80. The normalized spacial score (nSPS) is 13.4. The molecule has 0 bridgehead atoms. The van der Waals surface area contributed by atoms with E-state index < -0.39 is 12.5 Å². The fourth-order valence-corrected chi connectivity index (χ4v) is 2.80. The van der Waals surface area contributed by atoms with E-state index in [1.165, 1.54) is 16.8 Å². The topological polar surface area (TPSA) is 83.8 Å². The van der Waals surface area contributed by atoms with E-state index in [-0.39, 0.29) is 28.2 Å². The molecule has 8 heteroatoms. The molecule has 0 radical (unpaired) electrons. The number of halogens is 2. The van der Waals surface area contributed by atoms with Gasteiger partial charge in [0, 0.05) is 12.5 Å². The number of aromatic amines is 1. The molecule has 0 saturated heterocycles. The molecule has 2 heterocycles. The number of benzene rings is 1. The number of H-pyrrole nitrogens is 1. The van der Waals surface area contributed by atoms with Gasteiger partial charge in [0.05, 0.1) is 12.6 Å². The molecule has 25 heavy (non-hydrogen) atoms. The molecule has 0 amide bonds. The molecule has 0 spiro atoms. The second-order valence-corrected chi connectivity index (χ2v) is 6.09. The number of fused-ring (bicyclic) bond motifs is 1. The Morgan fingerprint density at radius 3 is 2.52 bits per heavy atom. The van der Waals surface area contributed by atoms with Crippen LogP contribution in [-0.2, 0) is 12.5 Å². The number of aliphatic hydroxyl groups is 1. The zero-order valence-corrected chi connectivity index (χ0v) is 14.0. The SMILES string of the molecule is Cc1nc2c(c(CO)nn2C(C)c2ccc(C(C)(F)F)cc2)c(=O)[nH]1. The number of aliphatic hydroxyl groups excluding tert-OH is 1. The Bertz CT molecular complexity index is 971. The predicted octanol–water partition coefficient (Wildman–Crippen LogP) is 2.64. The second kappa shape index (κ2) is 6.03. The molecule has 132 valence electrons. The first-order chi connectivity index (χ1) is 11.7. The van der Waals surface area contributed by atoms with Crippen molar-refractivity contribution in [2.45, 2.75) is 39.3 Å². The van der Waals surface area contributed by atoms with E-state index in [2.05, 4.69) is 15.1 Å². The van der Waals surface area contributed by atoms with Gasteiger partial charge in [-0.15, -0.1) is 0 Å². The number of hydrogen-bond acceptors (Lipinski definition) is 4. The van der Waals surface area contributed by atoms with Crippen LogP contribution in [0.1, 0.15) is 42.5 Å². The third-order valence-electron chi connectivity index (χ3n) is 4.17. The Labute approximate surface area is 142 Å². The van der Waals surface area contributed by atoms with Crippen molar-refractivity contribution in [2.75, 3.05) is 0 Å². The van der Waals surface area contributed by atoms with Gasteiger partial charge in [0.2, 0.25) is 0 Å². The average Bonchev–Trinajstić information content (AvgIpc) is 2.92. The first kappa shape index (κ1) is 17.2. The highest BCUT2D eigenvalue weighted by Gasteiger charge is 2.25. The molecule has 0 fully saturated rings. The van der Waals surface area contributed by atoms with Gasteiger partial charge in [-0.2, -0.15) is 5.10 Å². The molecule has 0 aliphatic carbocycles. The van der Waals surface area contributed by atoms with Crippen molar-refractivity contribution in [1.82, 2.24) is 19.7 Å². The van der Waals surface area contributed by atoms with Crippen molar-refractivity contribution in [3.8, 4) is 0 Å². The van der Waals surface area contributed by atoms with Crippen LogP contribution in [-0.4, -0.2) is 24.9 Å². The first-order valence-corrected chi connectivity index (χ1v) is 7.79. The highest BCUT2D eigenvalue weighted by molar-refractivity contribution is 5.77. The number of nitrogens with one attached hydrogen (secondary N) is 1. The summed E-state index contributed by atoms with van der Waals surface area (Å²) in [5.74, 6) is -2.48. The summed E-state index contributed by atoms with van der Waals surface area (Å²) < 4.78 is 28.3. The van der Waals surface area contributed by atoms with Gasteiger partial charge in [0.25, 0.3) is 11.5 Å². The highest BCUT2D eigenvalue weighted by atomic mass is 19.3. The number of rotatable bonds is 4. The summed E-state index contributed by atoms with van der Waals surface area (Å²) in [6.07, 6.45) is 0. The number of hydrogen-bond donors (Lipinski definition) is 2. The molecule has 1 atom stereocenters. The third kappa shape index (κ3) is 3.05. The van der Waals surface area contributed by atoms with Gasteiger partial charge in [0.1, 0.15) is 16.9 Å². The molecular formula is C17H18F2N4O2. The molecular weight excluding hydrogens is 330 g/mol. The molecule has 3 rings (SSSR count). The van der Waals surface area contributed by atoms with Crippen LogP contribution < -0.4 is 5.56 Å². The summed E-state index contributed by atoms with van der Waals surface area (Å²) in [5.41, 5.74) is 0.873. The van der Waals surface area contributed by atoms with Gasteiger partial charge in [-0.05, 0) is 19.4 Å². The monoisotopic (exact) mass is 348 g/mol. The lowest BCUT2D eigenvalue weighted by Gasteiger charge is -2.16. The van der Waals surface area contributed by atoms with Crippen LogP contribution in [0.15, 0.2) is 29.1 Å². The molecule has 1 aromatic carbocycles. The summed E-state index contributed by atoms with van der Waals surface area (Å²) in [7, 11) is 0. The van der Waals surface area contributed by atoms with Crippen LogP contribution in [0.25, 0.3) is 11.0 Å². The van der Waals surface area contributed by atoms with Gasteiger partial charge in [-0.25, -0.2) is 18.4 Å². The van der Waals surface area contributed by atoms with Crippen LogP contribution in [0.3, 0.4) is 0 Å². The molecule has 1 unspecified atom stereocenters. The predicted molar refractivity (Wildman–Crippen MR) is 88.6 cm³/mol. The van der Waals surface area contributed by atoms with Crippen LogP contribution in [0.2, 0.25) is 0 Å². The minimum atomic E-state index is -2.91. The molecule has 2 aromatic heterocycles. The minimum Gasteiger partial charge on any atom is -0.390 e. The summed E-state index contributed by atoms with van der Waals surface area (Å²) in [6, 6.07) is 5.59. The smallest absolute Gasteiger partial charge is 0.270 e. The Hall–Kier alpha value is -2.61. The Kier molecular flexibility index (Phi) is 4.16. The lowest BCUT2D eigenvalue weighted by atomic mass is 10.0. The lowest BCUT2D eigenvalue weighted by Crippen LogP contribution is -2.14. The van der Waals surface area contributed by atoms with Crippen LogP contribution in [0, 0.1) is 6.92 Å². The number of aromatic nitrogens is 4. The highest BCUT2D eigenvalue weighted by Crippen LogP contribution is 2.29. The lowest BCUT2D eigenvalue weighted by molar-refractivity contribution is 0.0174. The zero-order valence-electron chi connectivity index (χ0n) is 14.0. The standard InChI is InChI=1S/C17H18F2N4O2/c1-9(11-4-6-12(7-5-11)17(3,18)19)23-15-14(13(8-24)22-23)16(25)21-10(2)20-15/h4-7,9,24H,8H2,1-3H3,(H,20,21,25). The van der Waals surface area contributed by atoms with Crippen molar-refractivity contribution in [2.24, 2.45) is 0 Å². The van der Waals surface area contributed by atoms with Crippen LogP contribution in [0.5, 0.6) is 0 Å². The Morgan fingerprint density at radius 1 is 1.32 bits per heavy atom. The quantitative estimate of drug-likeness (QED) is 0.759. The summed E-state index contributed by atoms with van der Waals surface area (Å²) >= 11 is 0. The molecule has 3 aromatic rings. The van der Waals surface area contributed by atoms with Gasteiger partial charge in [-0.1, -0.05) is 24.3 Å². The van der Waals surface area contributed by atoms with Crippen LogP contribution >= 0.6 is 0 Å². The largest absolute Gasteiger partial charge is 0.390 e. The molecule has 6 nitrogen and oxygen atoms in total. The van der Waals surface area contributed by atoms with Gasteiger partial charge in [0.15, 0.2) is 5.65 Å². The maximum Gasteiger partial charge on any atom is 0.270 e. The summed E-state index contributed by atoms with van der Waals surface area (Å²) in [5, 5.41) is 14.0. The van der Waals surface area contributed by atoms with Crippen molar-refractivity contribution in [3.63, 3.8) is 0 Å². The number of alkyl halides is 2. The van der Waals surface area contributed by atoms with Crippen molar-refractivity contribution in [3.05, 3.63) is 57.3 Å². The fraction of sp³-hybridized carbons (Fsp3) is 0.353. The number of aryl methyl sites for hydroxylation is 1. The first-order valence-electron chi connectivity index (χ1n) is 7.79. The van der Waals surface area contributed by atoms with E-state index in [1.807, 2.05) is 6.92 Å². The molecule has 0 aliphatic rings. The molecule has 2 N–H and O–H groups in total. The van der Waals surface area contributed by atoms with Crippen molar-refractivity contribution < 1.29 is 13.9 Å². The minimum absolute atomic E-state index is 0.0739. The molecule has 0 saturated carbocycles. The molecule has 0 aliphatic heterocycles. The van der Waals surface area contributed by atoms with E-state index in [9.17, 15) is 18.7 Å². The van der Waals surface area contributed by atoms with E-state index in [0.29, 0.717) is 11.5 Å². The van der Waals surface area contributed by atoms with E-state index in [1.54, 1.807) is 19.1 Å². The maximum atomic E-state index is 13.4. The van der Waals surface area contributed by atoms with E-state index in [4.69, 9.17) is 0 Å². The second-order valence-electron chi connectivity index (χ2n) is 6.09. The maximum absolute atomic E-state index is 13.4. The van der Waals surface area contributed by atoms with Crippen molar-refractivity contribution in [1.29, 1.82) is 0 Å². The van der Waals surface area contributed by atoms with Crippen molar-refractivity contribution >= 4 is 11.0 Å². The summed E-state index contributed by atoms with van der Waals surface area (Å²) in [4.78, 5) is 19.1. The van der Waals surface area contributed by atoms with Gasteiger partial charge in [-0.3, -0.25) is 4.79 Å². The average molecular weight is 348 g/mol. The third-order valence-corrected chi connectivity index (χ3v) is 4.17. The van der Waals surface area contributed by atoms with E-state index >= 15 is 0 Å². The summed E-state index contributed by atoms with van der Waals surface area (Å²) in [6.45, 7) is 3.93. The van der Waals surface area contributed by atoms with Gasteiger partial charge >= 0.3 is 0 Å². The number of nitrogens with zero attached hydrogens (tertiary/aromatic N) is 3.